The quantitative estimate of drug-likeness (QED) is 0.829. The zero-order chi connectivity index (χ0) is 19.5. The van der Waals surface area contributed by atoms with Crippen LogP contribution in [0.3, 0.4) is 0 Å². The number of nitrogens with zero attached hydrogens (tertiary/aromatic N) is 1. The minimum Gasteiger partial charge on any atom is -0.351 e. The van der Waals surface area contributed by atoms with Crippen molar-refractivity contribution < 1.29 is 13.2 Å². The van der Waals surface area contributed by atoms with Crippen molar-refractivity contribution in [3.05, 3.63) is 36.4 Å². The first-order valence-electron chi connectivity index (χ1n) is 10.0. The number of sulfonamides is 1. The Bertz CT molecular complexity index is 1030. The number of nitrogens with one attached hydrogen (secondary N) is 1. The van der Waals surface area contributed by atoms with Crippen LogP contribution < -0.4 is 15.4 Å². The Morgan fingerprint density at radius 2 is 1.79 bits per heavy atom. The normalized spacial score (nSPS) is 30.4. The Hall–Kier alpha value is -2.12. The van der Waals surface area contributed by atoms with E-state index in [0.29, 0.717) is 22.9 Å². The van der Waals surface area contributed by atoms with Crippen molar-refractivity contribution in [1.82, 2.24) is 5.32 Å². The average Bonchev–Trinajstić information content (AvgIpc) is 2.86. The standard InChI is InChI=1S/C21H25N3O3S/c22-16-10-14-6-1-7-15(11-16)21(14)23-19(25)12-24-17-8-2-4-13-5-3-9-18(20(13)17)28(24,26)27/h2-5,8-9,14-16,21H,1,6-7,10-12,22H2,(H,23,25). The third-order valence-corrected chi connectivity index (χ3v) is 8.47. The fourth-order valence-corrected chi connectivity index (χ4v) is 7.18. The second-order valence-corrected chi connectivity index (χ2v) is 10.2. The summed E-state index contributed by atoms with van der Waals surface area (Å²) in [5, 5.41) is 4.74. The van der Waals surface area contributed by atoms with Gasteiger partial charge in [-0.05, 0) is 55.0 Å². The summed E-state index contributed by atoms with van der Waals surface area (Å²) in [6.07, 6.45) is 5.23. The molecule has 1 aliphatic heterocycles. The first kappa shape index (κ1) is 17.9. The Morgan fingerprint density at radius 1 is 1.11 bits per heavy atom. The summed E-state index contributed by atoms with van der Waals surface area (Å²) in [6, 6.07) is 11.1. The lowest BCUT2D eigenvalue weighted by molar-refractivity contribution is -0.121. The molecule has 7 heteroatoms. The van der Waals surface area contributed by atoms with E-state index in [4.69, 9.17) is 5.73 Å². The van der Waals surface area contributed by atoms with Crippen molar-refractivity contribution in [2.45, 2.75) is 49.1 Å². The monoisotopic (exact) mass is 399 g/mol. The van der Waals surface area contributed by atoms with Gasteiger partial charge in [-0.15, -0.1) is 0 Å². The largest absolute Gasteiger partial charge is 0.351 e. The van der Waals surface area contributed by atoms with Gasteiger partial charge in [0, 0.05) is 17.5 Å². The third-order valence-electron chi connectivity index (χ3n) is 6.67. The predicted molar refractivity (Wildman–Crippen MR) is 108 cm³/mol. The molecule has 2 unspecified atom stereocenters. The van der Waals surface area contributed by atoms with Gasteiger partial charge in [-0.2, -0.15) is 0 Å². The molecule has 2 saturated carbocycles. The van der Waals surface area contributed by atoms with E-state index < -0.39 is 10.0 Å². The van der Waals surface area contributed by atoms with Crippen LogP contribution >= 0.6 is 0 Å². The van der Waals surface area contributed by atoms with E-state index in [1.54, 1.807) is 18.2 Å². The molecule has 0 radical (unpaired) electrons. The van der Waals surface area contributed by atoms with Crippen LogP contribution in [0.4, 0.5) is 5.69 Å². The van der Waals surface area contributed by atoms with Gasteiger partial charge < -0.3 is 11.1 Å². The van der Waals surface area contributed by atoms with Crippen LogP contribution in [0.5, 0.6) is 0 Å². The van der Waals surface area contributed by atoms with E-state index in [9.17, 15) is 13.2 Å². The highest BCUT2D eigenvalue weighted by molar-refractivity contribution is 7.93. The van der Waals surface area contributed by atoms with Crippen molar-refractivity contribution in [1.29, 1.82) is 0 Å². The lowest BCUT2D eigenvalue weighted by atomic mass is 9.67. The predicted octanol–water partition coefficient (Wildman–Crippen LogP) is 2.37. The van der Waals surface area contributed by atoms with E-state index in [0.717, 1.165) is 31.1 Å². The second-order valence-electron chi connectivity index (χ2n) is 8.42. The van der Waals surface area contributed by atoms with Gasteiger partial charge >= 0.3 is 0 Å². The number of amides is 1. The fraction of sp³-hybridized carbons (Fsp3) is 0.476. The molecule has 2 aromatic rings. The van der Waals surface area contributed by atoms with Gasteiger partial charge in [-0.25, -0.2) is 8.42 Å². The van der Waals surface area contributed by atoms with Crippen LogP contribution in [0.25, 0.3) is 10.8 Å². The Balaban J connectivity index is 1.40. The molecule has 2 fully saturated rings. The minimum atomic E-state index is -3.71. The number of hydrogen-bond acceptors (Lipinski definition) is 4. The van der Waals surface area contributed by atoms with E-state index in [2.05, 4.69) is 5.32 Å². The Morgan fingerprint density at radius 3 is 2.50 bits per heavy atom. The molecule has 5 rings (SSSR count). The van der Waals surface area contributed by atoms with E-state index in [-0.39, 0.29) is 29.4 Å². The molecule has 6 nitrogen and oxygen atoms in total. The van der Waals surface area contributed by atoms with Gasteiger partial charge in [0.2, 0.25) is 5.91 Å². The first-order valence-corrected chi connectivity index (χ1v) is 11.5. The number of anilines is 1. The molecule has 0 spiro atoms. The maximum atomic E-state index is 13.1. The molecule has 0 aromatic heterocycles. The first-order chi connectivity index (χ1) is 13.4. The van der Waals surface area contributed by atoms with Gasteiger partial charge in [0.05, 0.1) is 10.6 Å². The van der Waals surface area contributed by atoms with Crippen LogP contribution in [-0.4, -0.2) is 33.0 Å². The molecule has 0 saturated heterocycles. The molecule has 2 atom stereocenters. The highest BCUT2D eigenvalue weighted by Gasteiger charge is 2.41. The molecule has 1 amide bonds. The van der Waals surface area contributed by atoms with Gasteiger partial charge in [0.15, 0.2) is 0 Å². The van der Waals surface area contributed by atoms with Crippen molar-refractivity contribution in [3.8, 4) is 0 Å². The van der Waals surface area contributed by atoms with E-state index in [1.165, 1.54) is 10.7 Å². The number of benzene rings is 2. The van der Waals surface area contributed by atoms with E-state index >= 15 is 0 Å². The van der Waals surface area contributed by atoms with Crippen LogP contribution in [-0.2, 0) is 14.8 Å². The lowest BCUT2D eigenvalue weighted by Gasteiger charge is -2.45. The summed E-state index contributed by atoms with van der Waals surface area (Å²) < 4.78 is 27.4. The second kappa shape index (κ2) is 6.46. The molecule has 2 aromatic carbocycles. The zero-order valence-corrected chi connectivity index (χ0v) is 16.5. The summed E-state index contributed by atoms with van der Waals surface area (Å²) in [4.78, 5) is 13.2. The smallest absolute Gasteiger partial charge is 0.265 e. The molecule has 3 aliphatic rings. The van der Waals surface area contributed by atoms with Crippen molar-refractivity contribution in [2.75, 3.05) is 10.8 Å². The third kappa shape index (κ3) is 2.71. The summed E-state index contributed by atoms with van der Waals surface area (Å²) in [6.45, 7) is -0.182. The maximum absolute atomic E-state index is 13.1. The summed E-state index contributed by atoms with van der Waals surface area (Å²) >= 11 is 0. The van der Waals surface area contributed by atoms with Crippen LogP contribution in [0.15, 0.2) is 41.3 Å². The van der Waals surface area contributed by atoms with Crippen LogP contribution in [0.2, 0.25) is 0 Å². The van der Waals surface area contributed by atoms with Gasteiger partial charge in [-0.3, -0.25) is 9.10 Å². The van der Waals surface area contributed by atoms with Crippen LogP contribution in [0.1, 0.15) is 32.1 Å². The number of hydrogen-bond donors (Lipinski definition) is 2. The molecule has 2 aliphatic carbocycles. The average molecular weight is 400 g/mol. The number of carbonyl (C=O) groups excluding carboxylic acids is 1. The summed E-state index contributed by atoms with van der Waals surface area (Å²) in [7, 11) is -3.71. The number of nitrogens with two attached hydrogens (primary N) is 1. The van der Waals surface area contributed by atoms with E-state index in [1.807, 2.05) is 18.2 Å². The molecule has 2 bridgehead atoms. The van der Waals surface area contributed by atoms with Crippen LogP contribution in [0, 0.1) is 11.8 Å². The fourth-order valence-electron chi connectivity index (χ4n) is 5.52. The van der Waals surface area contributed by atoms with Crippen molar-refractivity contribution in [2.24, 2.45) is 17.6 Å². The lowest BCUT2D eigenvalue weighted by Crippen LogP contribution is -2.55. The topological polar surface area (TPSA) is 92.5 Å². The highest BCUT2D eigenvalue weighted by Crippen LogP contribution is 2.42. The molecule has 3 N–H and O–H groups in total. The maximum Gasteiger partial charge on any atom is 0.265 e. The number of fused-ring (bicyclic) bond motifs is 2. The van der Waals surface area contributed by atoms with Gasteiger partial charge in [-0.1, -0.05) is 30.7 Å². The molecule has 28 heavy (non-hydrogen) atoms. The molecule has 1 heterocycles. The van der Waals surface area contributed by atoms with Gasteiger partial charge in [0.25, 0.3) is 10.0 Å². The summed E-state index contributed by atoms with van der Waals surface area (Å²) in [5.41, 5.74) is 6.77. The Labute approximate surface area is 165 Å². The SMILES string of the molecule is NC1CC2CCCC(C1)C2NC(=O)CN1c2cccc3cccc(c23)S1(=O)=O. The van der Waals surface area contributed by atoms with Crippen molar-refractivity contribution >= 4 is 32.4 Å². The zero-order valence-electron chi connectivity index (χ0n) is 15.7. The molecule has 148 valence electrons. The minimum absolute atomic E-state index is 0.115. The van der Waals surface area contributed by atoms with Gasteiger partial charge in [0.1, 0.15) is 6.54 Å². The summed E-state index contributed by atoms with van der Waals surface area (Å²) in [5.74, 6) is 0.579. The highest BCUT2D eigenvalue weighted by atomic mass is 32.2. The number of carbonyl (C=O) groups is 1. The Kier molecular flexibility index (Phi) is 4.14. The molecular formula is C21H25N3O3S. The molecular weight excluding hydrogens is 374 g/mol. The van der Waals surface area contributed by atoms with Crippen molar-refractivity contribution in [3.63, 3.8) is 0 Å². The number of rotatable bonds is 3.